The Hall–Kier alpha value is -2.19. The van der Waals surface area contributed by atoms with Gasteiger partial charge in [0.05, 0.1) is 13.4 Å². The van der Waals surface area contributed by atoms with Crippen LogP contribution in [-0.2, 0) is 19.8 Å². The van der Waals surface area contributed by atoms with E-state index in [4.69, 9.17) is 4.74 Å². The van der Waals surface area contributed by atoms with E-state index in [0.29, 0.717) is 0 Å². The molecule has 1 heterocycles. The number of carbonyl (C=O) groups excluding carboxylic acids is 2. The number of carbonyl (C=O) groups is 2. The summed E-state index contributed by atoms with van der Waals surface area (Å²) in [6, 6.07) is 2.05. The Morgan fingerprint density at radius 1 is 1.23 bits per heavy atom. The maximum absolute atomic E-state index is 13.5. The zero-order valence-electron chi connectivity index (χ0n) is 12.4. The van der Waals surface area contributed by atoms with Crippen molar-refractivity contribution in [2.24, 2.45) is 0 Å². The number of ether oxygens (including phenoxy) is 2. The molecule has 1 N–H and O–H groups in total. The quantitative estimate of drug-likeness (QED) is 0.866. The molecule has 0 unspecified atom stereocenters. The number of esters is 1. The molecule has 0 aliphatic carbocycles. The van der Waals surface area contributed by atoms with E-state index in [-0.39, 0.29) is 0 Å². The molecule has 124 valence electrons. The fourth-order valence-corrected chi connectivity index (χ4v) is 1.64. The molecule has 0 bridgehead atoms. The van der Waals surface area contributed by atoms with Crippen LogP contribution in [0.1, 0.15) is 26.5 Å². The van der Waals surface area contributed by atoms with Crippen molar-refractivity contribution in [3.05, 3.63) is 24.2 Å². The normalized spacial score (nSPS) is 14.9. The monoisotopic (exact) mass is 323 g/mol. The second-order valence-corrected chi connectivity index (χ2v) is 5.34. The highest BCUT2D eigenvalue weighted by atomic mass is 19.4. The molecule has 1 amide bonds. The molecule has 0 aromatic carbocycles. The SMILES string of the molecule is COC(=O)[C@](NC(=O)OC(C)(C)C)(c1ccco1)C(F)(F)F. The standard InChI is InChI=1S/C13H16F3NO5/c1-11(2,3)22-10(19)17-12(9(18)20-4,13(14,15)16)8-6-5-7-21-8/h5-7H,1-4H3,(H,17,19)/t12-/m1/s1. The van der Waals surface area contributed by atoms with Gasteiger partial charge in [-0.2, -0.15) is 13.2 Å². The van der Waals surface area contributed by atoms with Crippen LogP contribution < -0.4 is 5.32 Å². The van der Waals surface area contributed by atoms with E-state index in [1.165, 1.54) is 26.1 Å². The van der Waals surface area contributed by atoms with Crippen molar-refractivity contribution in [3.8, 4) is 0 Å². The van der Waals surface area contributed by atoms with E-state index in [1.54, 1.807) is 0 Å². The highest BCUT2D eigenvalue weighted by Gasteiger charge is 2.66. The van der Waals surface area contributed by atoms with Gasteiger partial charge >= 0.3 is 18.2 Å². The number of amides is 1. The number of furan rings is 1. The minimum Gasteiger partial charge on any atom is -0.467 e. The third-order valence-electron chi connectivity index (χ3n) is 2.50. The summed E-state index contributed by atoms with van der Waals surface area (Å²) in [7, 11) is 0.766. The molecule has 0 aliphatic heterocycles. The Bertz CT molecular complexity index is 533. The number of alkyl halides is 3. The lowest BCUT2D eigenvalue weighted by Gasteiger charge is -2.32. The number of methoxy groups -OCH3 is 1. The van der Waals surface area contributed by atoms with Gasteiger partial charge in [0.25, 0.3) is 5.54 Å². The van der Waals surface area contributed by atoms with Crippen LogP contribution in [0.3, 0.4) is 0 Å². The summed E-state index contributed by atoms with van der Waals surface area (Å²) >= 11 is 0. The molecule has 0 saturated carbocycles. The van der Waals surface area contributed by atoms with E-state index >= 15 is 0 Å². The average molecular weight is 323 g/mol. The van der Waals surface area contributed by atoms with Crippen molar-refractivity contribution in [2.75, 3.05) is 7.11 Å². The first-order chi connectivity index (χ1) is 9.94. The van der Waals surface area contributed by atoms with E-state index in [2.05, 4.69) is 9.15 Å². The summed E-state index contributed by atoms with van der Waals surface area (Å²) < 4.78 is 54.3. The Morgan fingerprint density at radius 3 is 2.18 bits per heavy atom. The van der Waals surface area contributed by atoms with Gasteiger partial charge < -0.3 is 13.9 Å². The van der Waals surface area contributed by atoms with Crippen molar-refractivity contribution < 1.29 is 36.7 Å². The first-order valence-electron chi connectivity index (χ1n) is 6.14. The van der Waals surface area contributed by atoms with E-state index < -0.39 is 35.1 Å². The Labute approximate surface area is 124 Å². The first kappa shape index (κ1) is 17.9. The number of nitrogens with one attached hydrogen (secondary N) is 1. The molecule has 1 aromatic rings. The van der Waals surface area contributed by atoms with Gasteiger partial charge in [0, 0.05) is 0 Å². The lowest BCUT2D eigenvalue weighted by Crippen LogP contribution is -2.62. The third kappa shape index (κ3) is 3.52. The third-order valence-corrected chi connectivity index (χ3v) is 2.50. The van der Waals surface area contributed by atoms with Gasteiger partial charge in [-0.3, -0.25) is 5.32 Å². The molecule has 6 nitrogen and oxygen atoms in total. The molecule has 0 spiro atoms. The predicted octanol–water partition coefficient (Wildman–Crippen LogP) is 2.73. The molecule has 0 saturated heterocycles. The Kier molecular flexibility index (Phi) is 4.79. The molecule has 0 aliphatic rings. The van der Waals surface area contributed by atoms with Gasteiger partial charge in [0.15, 0.2) is 0 Å². The van der Waals surface area contributed by atoms with Crippen molar-refractivity contribution in [1.82, 2.24) is 5.32 Å². The van der Waals surface area contributed by atoms with E-state index in [1.807, 2.05) is 0 Å². The fraction of sp³-hybridized carbons (Fsp3) is 0.538. The first-order valence-corrected chi connectivity index (χ1v) is 6.14. The van der Waals surface area contributed by atoms with Crippen LogP contribution in [-0.4, -0.2) is 30.9 Å². The van der Waals surface area contributed by atoms with Crippen molar-refractivity contribution in [1.29, 1.82) is 0 Å². The highest BCUT2D eigenvalue weighted by molar-refractivity contribution is 5.87. The van der Waals surface area contributed by atoms with Crippen LogP contribution in [0.5, 0.6) is 0 Å². The maximum atomic E-state index is 13.5. The summed E-state index contributed by atoms with van der Waals surface area (Å²) in [5.41, 5.74) is -4.55. The fourth-order valence-electron chi connectivity index (χ4n) is 1.64. The average Bonchev–Trinajstić information content (AvgIpc) is 2.85. The van der Waals surface area contributed by atoms with E-state index in [9.17, 15) is 22.8 Å². The summed E-state index contributed by atoms with van der Waals surface area (Å²) in [6.45, 7) is 4.40. The van der Waals surface area contributed by atoms with Crippen LogP contribution in [0.4, 0.5) is 18.0 Å². The van der Waals surface area contributed by atoms with Crippen molar-refractivity contribution in [2.45, 2.75) is 38.1 Å². The number of halogens is 3. The second-order valence-electron chi connectivity index (χ2n) is 5.34. The zero-order valence-corrected chi connectivity index (χ0v) is 12.4. The highest BCUT2D eigenvalue weighted by Crippen LogP contribution is 2.40. The van der Waals surface area contributed by atoms with Gasteiger partial charge in [0.2, 0.25) is 0 Å². The number of alkyl carbamates (subject to hydrolysis) is 1. The summed E-state index contributed by atoms with van der Waals surface area (Å²) in [6.07, 6.45) is -5.71. The Balaban J connectivity index is 3.33. The molecule has 1 atom stereocenters. The summed E-state index contributed by atoms with van der Waals surface area (Å²) in [5.74, 6) is -2.58. The van der Waals surface area contributed by atoms with Crippen LogP contribution >= 0.6 is 0 Å². The van der Waals surface area contributed by atoms with Gasteiger partial charge in [-0.1, -0.05) is 0 Å². The lowest BCUT2D eigenvalue weighted by molar-refractivity contribution is -0.217. The molecule has 1 rings (SSSR count). The summed E-state index contributed by atoms with van der Waals surface area (Å²) in [4.78, 5) is 23.6. The largest absolute Gasteiger partial charge is 0.467 e. The van der Waals surface area contributed by atoms with Crippen molar-refractivity contribution >= 4 is 12.1 Å². The summed E-state index contributed by atoms with van der Waals surface area (Å²) in [5, 5.41) is 1.53. The number of hydrogen-bond acceptors (Lipinski definition) is 5. The molecular formula is C13H16F3NO5. The minimum atomic E-state index is -5.21. The van der Waals surface area contributed by atoms with Gasteiger partial charge in [-0.25, -0.2) is 9.59 Å². The smallest absolute Gasteiger partial charge is 0.430 e. The number of hydrogen-bond donors (Lipinski definition) is 1. The van der Waals surface area contributed by atoms with Crippen LogP contribution in [0.15, 0.2) is 22.8 Å². The molecule has 0 radical (unpaired) electrons. The van der Waals surface area contributed by atoms with Crippen molar-refractivity contribution in [3.63, 3.8) is 0 Å². The predicted molar refractivity (Wildman–Crippen MR) is 67.8 cm³/mol. The molecule has 22 heavy (non-hydrogen) atoms. The van der Waals surface area contributed by atoms with E-state index in [0.717, 1.165) is 25.5 Å². The zero-order chi connectivity index (χ0) is 17.2. The molecular weight excluding hydrogens is 307 g/mol. The topological polar surface area (TPSA) is 77.8 Å². The van der Waals surface area contributed by atoms with Gasteiger partial charge in [-0.05, 0) is 32.9 Å². The minimum absolute atomic E-state index is 0.766. The van der Waals surface area contributed by atoms with Crippen LogP contribution in [0.2, 0.25) is 0 Å². The van der Waals surface area contributed by atoms with Gasteiger partial charge in [-0.15, -0.1) is 0 Å². The molecule has 1 aromatic heterocycles. The molecule has 0 fully saturated rings. The molecule has 9 heteroatoms. The maximum Gasteiger partial charge on any atom is 0.430 e. The Morgan fingerprint density at radius 2 is 1.82 bits per heavy atom. The van der Waals surface area contributed by atoms with Gasteiger partial charge in [0.1, 0.15) is 11.4 Å². The number of rotatable bonds is 3. The lowest BCUT2D eigenvalue weighted by atomic mass is 9.95. The van der Waals surface area contributed by atoms with Crippen LogP contribution in [0.25, 0.3) is 0 Å². The second kappa shape index (κ2) is 5.90. The van der Waals surface area contributed by atoms with Crippen LogP contribution in [0, 0.1) is 0 Å².